The number of H-pyrrole nitrogens is 1. The van der Waals surface area contributed by atoms with Crippen LogP contribution in [0.1, 0.15) is 13.8 Å². The van der Waals surface area contributed by atoms with Gasteiger partial charge in [-0.25, -0.2) is 0 Å². The van der Waals surface area contributed by atoms with E-state index in [1.54, 1.807) is 6.20 Å². The van der Waals surface area contributed by atoms with Crippen LogP contribution in [-0.2, 0) is 4.79 Å². The normalized spacial score (nSPS) is 11.7. The highest BCUT2D eigenvalue weighted by Crippen LogP contribution is 2.24. The van der Waals surface area contributed by atoms with E-state index in [0.717, 1.165) is 16.6 Å². The number of hydrogen-bond acceptors (Lipinski definition) is 2. The highest BCUT2D eigenvalue weighted by Gasteiger charge is 2.26. The smallest absolute Gasteiger partial charge is 0.231 e. The summed E-state index contributed by atoms with van der Waals surface area (Å²) in [4.78, 5) is 12.0. The maximum atomic E-state index is 12.0. The zero-order chi connectivity index (χ0) is 12.5. The molecule has 0 saturated heterocycles. The van der Waals surface area contributed by atoms with Gasteiger partial charge in [0.05, 0.1) is 22.8 Å². The first-order valence-electron chi connectivity index (χ1n) is 5.34. The Morgan fingerprint density at radius 1 is 1.53 bits per heavy atom. The number of anilines is 1. The highest BCUT2D eigenvalue weighted by atomic mass is 35.5. The lowest BCUT2D eigenvalue weighted by Crippen LogP contribution is -2.32. The Morgan fingerprint density at radius 2 is 2.29 bits per heavy atom. The zero-order valence-electron chi connectivity index (χ0n) is 9.75. The first-order valence-corrected chi connectivity index (χ1v) is 5.87. The van der Waals surface area contributed by atoms with Crippen molar-refractivity contribution >= 4 is 34.1 Å². The molecular weight excluding hydrogens is 238 g/mol. The first kappa shape index (κ1) is 11.9. The van der Waals surface area contributed by atoms with Crippen LogP contribution in [0.3, 0.4) is 0 Å². The van der Waals surface area contributed by atoms with E-state index >= 15 is 0 Å². The Labute approximate surface area is 104 Å². The average Bonchev–Trinajstić information content (AvgIpc) is 2.78. The maximum absolute atomic E-state index is 12.0. The van der Waals surface area contributed by atoms with E-state index in [1.165, 1.54) is 0 Å². The molecule has 0 aliphatic rings. The Kier molecular flexibility index (Phi) is 3.07. The molecule has 1 heterocycles. The van der Waals surface area contributed by atoms with Gasteiger partial charge in [-0.3, -0.25) is 9.89 Å². The number of para-hydroxylation sites is 1. The van der Waals surface area contributed by atoms with Crippen molar-refractivity contribution in [1.82, 2.24) is 10.2 Å². The number of carbonyl (C=O) groups is 1. The third-order valence-electron chi connectivity index (χ3n) is 2.67. The predicted octanol–water partition coefficient (Wildman–Crippen LogP) is 2.77. The third-order valence-corrected chi connectivity index (χ3v) is 3.34. The summed E-state index contributed by atoms with van der Waals surface area (Å²) in [6.45, 7) is 3.62. The van der Waals surface area contributed by atoms with E-state index in [2.05, 4.69) is 15.5 Å². The number of nitrogens with one attached hydrogen (secondary N) is 2. The summed E-state index contributed by atoms with van der Waals surface area (Å²) in [5.74, 6) is 0.173. The Balaban J connectivity index is 2.30. The standard InChI is InChI=1S/C12H14ClN3O/c1-12(2,7-13)11(17)15-9-5-3-4-8-6-14-16-10(8)9/h3-6H,7H2,1-2H3,(H,14,16)(H,15,17). The zero-order valence-corrected chi connectivity index (χ0v) is 10.5. The van der Waals surface area contributed by atoms with Gasteiger partial charge in [-0.15, -0.1) is 11.6 Å². The molecule has 0 fully saturated rings. The molecule has 2 N–H and O–H groups in total. The Bertz CT molecular complexity index is 547. The number of carbonyl (C=O) groups excluding carboxylic acids is 1. The van der Waals surface area contributed by atoms with E-state index in [1.807, 2.05) is 32.0 Å². The van der Waals surface area contributed by atoms with E-state index in [-0.39, 0.29) is 11.8 Å². The Morgan fingerprint density at radius 3 is 3.00 bits per heavy atom. The number of amides is 1. The van der Waals surface area contributed by atoms with Crippen molar-refractivity contribution in [3.05, 3.63) is 24.4 Å². The Hall–Kier alpha value is -1.55. The molecule has 0 aliphatic carbocycles. The fourth-order valence-corrected chi connectivity index (χ4v) is 1.55. The molecule has 2 rings (SSSR count). The lowest BCUT2D eigenvalue weighted by Gasteiger charge is -2.20. The van der Waals surface area contributed by atoms with Crippen LogP contribution >= 0.6 is 11.6 Å². The highest BCUT2D eigenvalue weighted by molar-refractivity contribution is 6.20. The van der Waals surface area contributed by atoms with Crippen molar-refractivity contribution < 1.29 is 4.79 Å². The minimum absolute atomic E-state index is 0.102. The predicted molar refractivity (Wildman–Crippen MR) is 69.2 cm³/mol. The third kappa shape index (κ3) is 2.26. The number of aromatic amines is 1. The summed E-state index contributed by atoms with van der Waals surface area (Å²) in [6, 6.07) is 5.64. The number of nitrogens with zero attached hydrogens (tertiary/aromatic N) is 1. The van der Waals surface area contributed by atoms with Gasteiger partial charge >= 0.3 is 0 Å². The monoisotopic (exact) mass is 251 g/mol. The van der Waals surface area contributed by atoms with Gasteiger partial charge in [-0.05, 0) is 19.9 Å². The van der Waals surface area contributed by atoms with Gasteiger partial charge in [0.25, 0.3) is 0 Å². The number of alkyl halides is 1. The van der Waals surface area contributed by atoms with Crippen LogP contribution in [0.4, 0.5) is 5.69 Å². The van der Waals surface area contributed by atoms with Gasteiger partial charge in [-0.1, -0.05) is 12.1 Å². The molecule has 1 aromatic carbocycles. The number of halogens is 1. The number of rotatable bonds is 3. The van der Waals surface area contributed by atoms with Gasteiger partial charge < -0.3 is 5.32 Å². The van der Waals surface area contributed by atoms with Crippen molar-refractivity contribution in [3.63, 3.8) is 0 Å². The molecule has 0 bridgehead atoms. The van der Waals surface area contributed by atoms with Gasteiger partial charge in [0, 0.05) is 11.3 Å². The van der Waals surface area contributed by atoms with Crippen LogP contribution in [-0.4, -0.2) is 22.0 Å². The summed E-state index contributed by atoms with van der Waals surface area (Å²) in [5, 5.41) is 10.6. The molecule has 0 aliphatic heterocycles. The summed E-state index contributed by atoms with van der Waals surface area (Å²) < 4.78 is 0. The molecule has 1 amide bonds. The molecular formula is C12H14ClN3O. The van der Waals surface area contributed by atoms with Crippen LogP contribution in [0.25, 0.3) is 10.9 Å². The second kappa shape index (κ2) is 4.37. The SMILES string of the molecule is CC(C)(CCl)C(=O)Nc1cccc2cn[nH]c12. The van der Waals surface area contributed by atoms with Gasteiger partial charge in [0.1, 0.15) is 0 Å². The van der Waals surface area contributed by atoms with E-state index in [0.29, 0.717) is 0 Å². The maximum Gasteiger partial charge on any atom is 0.231 e. The fourth-order valence-electron chi connectivity index (χ4n) is 1.43. The number of aromatic nitrogens is 2. The van der Waals surface area contributed by atoms with Crippen LogP contribution < -0.4 is 5.32 Å². The fraction of sp³-hybridized carbons (Fsp3) is 0.333. The molecule has 17 heavy (non-hydrogen) atoms. The van der Waals surface area contributed by atoms with Crippen LogP contribution in [0.15, 0.2) is 24.4 Å². The average molecular weight is 252 g/mol. The molecule has 4 nitrogen and oxygen atoms in total. The van der Waals surface area contributed by atoms with Crippen molar-refractivity contribution in [3.8, 4) is 0 Å². The van der Waals surface area contributed by atoms with Crippen LogP contribution in [0, 0.1) is 5.41 Å². The summed E-state index contributed by atoms with van der Waals surface area (Å²) in [6.07, 6.45) is 1.72. The lowest BCUT2D eigenvalue weighted by atomic mass is 9.95. The van der Waals surface area contributed by atoms with E-state index < -0.39 is 5.41 Å². The second-order valence-corrected chi connectivity index (χ2v) is 4.88. The number of benzene rings is 1. The summed E-state index contributed by atoms with van der Waals surface area (Å²) in [7, 11) is 0. The first-order chi connectivity index (χ1) is 8.04. The molecule has 0 unspecified atom stereocenters. The van der Waals surface area contributed by atoms with Gasteiger partial charge in [0.2, 0.25) is 5.91 Å². The van der Waals surface area contributed by atoms with Crippen molar-refractivity contribution in [2.75, 3.05) is 11.2 Å². The van der Waals surface area contributed by atoms with Gasteiger partial charge in [0.15, 0.2) is 0 Å². The van der Waals surface area contributed by atoms with Crippen molar-refractivity contribution in [1.29, 1.82) is 0 Å². The van der Waals surface area contributed by atoms with Crippen LogP contribution in [0.2, 0.25) is 0 Å². The van der Waals surface area contributed by atoms with Crippen molar-refractivity contribution in [2.45, 2.75) is 13.8 Å². The molecule has 2 aromatic rings. The van der Waals surface area contributed by atoms with Crippen LogP contribution in [0.5, 0.6) is 0 Å². The molecule has 5 heteroatoms. The van der Waals surface area contributed by atoms with Gasteiger partial charge in [-0.2, -0.15) is 5.10 Å². The molecule has 0 spiro atoms. The topological polar surface area (TPSA) is 57.8 Å². The summed E-state index contributed by atoms with van der Waals surface area (Å²) in [5.41, 5.74) is 0.957. The van der Waals surface area contributed by atoms with E-state index in [9.17, 15) is 4.79 Å². The van der Waals surface area contributed by atoms with Crippen molar-refractivity contribution in [2.24, 2.45) is 5.41 Å². The molecule has 0 atom stereocenters. The minimum Gasteiger partial charge on any atom is -0.324 e. The number of hydrogen-bond donors (Lipinski definition) is 2. The number of fused-ring (bicyclic) bond motifs is 1. The quantitative estimate of drug-likeness (QED) is 0.824. The largest absolute Gasteiger partial charge is 0.324 e. The second-order valence-electron chi connectivity index (χ2n) is 4.61. The molecule has 90 valence electrons. The van der Waals surface area contributed by atoms with E-state index in [4.69, 9.17) is 11.6 Å². The minimum atomic E-state index is -0.594. The molecule has 1 aromatic heterocycles. The summed E-state index contributed by atoms with van der Waals surface area (Å²) >= 11 is 5.77. The molecule has 0 radical (unpaired) electrons. The lowest BCUT2D eigenvalue weighted by molar-refractivity contribution is -0.122. The molecule has 0 saturated carbocycles.